The SMILES string of the molecule is CC(C)COc1ccccc1C(=O)Nc1ccc(C(=O)N2CCCC2)cc1. The van der Waals surface area contributed by atoms with Crippen LogP contribution in [-0.2, 0) is 0 Å². The van der Waals surface area contributed by atoms with Gasteiger partial charge in [-0.05, 0) is 55.2 Å². The highest BCUT2D eigenvalue weighted by molar-refractivity contribution is 6.06. The maximum atomic E-state index is 12.6. The van der Waals surface area contributed by atoms with E-state index < -0.39 is 0 Å². The molecule has 5 heteroatoms. The van der Waals surface area contributed by atoms with E-state index in [0.717, 1.165) is 25.9 Å². The summed E-state index contributed by atoms with van der Waals surface area (Å²) in [6.45, 7) is 6.33. The number of ether oxygens (including phenoxy) is 1. The van der Waals surface area contributed by atoms with E-state index in [1.54, 1.807) is 36.4 Å². The molecule has 0 aliphatic carbocycles. The molecular weight excluding hydrogens is 340 g/mol. The number of hydrogen-bond acceptors (Lipinski definition) is 3. The van der Waals surface area contributed by atoms with Crippen molar-refractivity contribution in [2.24, 2.45) is 5.92 Å². The van der Waals surface area contributed by atoms with E-state index in [4.69, 9.17) is 4.74 Å². The predicted octanol–water partition coefficient (Wildman–Crippen LogP) is 4.21. The Labute approximate surface area is 160 Å². The molecule has 1 heterocycles. The van der Waals surface area contributed by atoms with E-state index in [1.807, 2.05) is 17.0 Å². The Hall–Kier alpha value is -2.82. The second-order valence-electron chi connectivity index (χ2n) is 7.23. The molecule has 2 amide bonds. The fourth-order valence-corrected chi connectivity index (χ4v) is 3.03. The quantitative estimate of drug-likeness (QED) is 0.833. The zero-order chi connectivity index (χ0) is 19.2. The van der Waals surface area contributed by atoms with Gasteiger partial charge in [-0.2, -0.15) is 0 Å². The lowest BCUT2D eigenvalue weighted by Gasteiger charge is -2.15. The van der Waals surface area contributed by atoms with Crippen molar-refractivity contribution in [1.29, 1.82) is 0 Å². The Balaban J connectivity index is 1.67. The third kappa shape index (κ3) is 4.88. The van der Waals surface area contributed by atoms with Gasteiger partial charge >= 0.3 is 0 Å². The fraction of sp³-hybridized carbons (Fsp3) is 0.364. The van der Waals surface area contributed by atoms with Gasteiger partial charge in [0, 0.05) is 24.3 Å². The van der Waals surface area contributed by atoms with Crippen LogP contribution >= 0.6 is 0 Å². The summed E-state index contributed by atoms with van der Waals surface area (Å²) in [5.41, 5.74) is 1.79. The molecule has 0 saturated carbocycles. The van der Waals surface area contributed by atoms with Crippen LogP contribution in [0, 0.1) is 5.92 Å². The molecule has 0 unspecified atom stereocenters. The standard InChI is InChI=1S/C22H26N2O3/c1-16(2)15-27-20-8-4-3-7-19(20)21(25)23-18-11-9-17(10-12-18)22(26)24-13-5-6-14-24/h3-4,7-12,16H,5-6,13-15H2,1-2H3,(H,23,25). The first-order chi connectivity index (χ1) is 13.0. The average Bonchev–Trinajstić information content (AvgIpc) is 3.21. The van der Waals surface area contributed by atoms with Crippen LogP contribution in [0.3, 0.4) is 0 Å². The smallest absolute Gasteiger partial charge is 0.259 e. The van der Waals surface area contributed by atoms with Gasteiger partial charge in [-0.1, -0.05) is 26.0 Å². The maximum absolute atomic E-state index is 12.6. The Morgan fingerprint density at radius 2 is 1.70 bits per heavy atom. The predicted molar refractivity (Wildman–Crippen MR) is 106 cm³/mol. The Bertz CT molecular complexity index is 793. The summed E-state index contributed by atoms with van der Waals surface area (Å²) in [7, 11) is 0. The number of rotatable bonds is 6. The molecule has 0 bridgehead atoms. The number of anilines is 1. The summed E-state index contributed by atoms with van der Waals surface area (Å²) < 4.78 is 5.75. The van der Waals surface area contributed by atoms with E-state index in [1.165, 1.54) is 0 Å². The molecule has 1 fully saturated rings. The van der Waals surface area contributed by atoms with Crippen molar-refractivity contribution >= 4 is 17.5 Å². The van der Waals surface area contributed by atoms with Gasteiger partial charge in [-0.15, -0.1) is 0 Å². The molecule has 2 aromatic carbocycles. The van der Waals surface area contributed by atoms with Gasteiger partial charge in [0.25, 0.3) is 11.8 Å². The molecule has 0 spiro atoms. The summed E-state index contributed by atoms with van der Waals surface area (Å²) >= 11 is 0. The van der Waals surface area contributed by atoms with E-state index in [9.17, 15) is 9.59 Å². The van der Waals surface area contributed by atoms with E-state index in [0.29, 0.717) is 35.1 Å². The van der Waals surface area contributed by atoms with Gasteiger partial charge in [0.15, 0.2) is 0 Å². The van der Waals surface area contributed by atoms with Crippen LogP contribution in [0.1, 0.15) is 47.4 Å². The van der Waals surface area contributed by atoms with E-state index in [-0.39, 0.29) is 11.8 Å². The molecule has 142 valence electrons. The minimum Gasteiger partial charge on any atom is -0.492 e. The maximum Gasteiger partial charge on any atom is 0.259 e. The van der Waals surface area contributed by atoms with Crippen molar-refractivity contribution in [3.63, 3.8) is 0 Å². The molecule has 1 aliphatic heterocycles. The lowest BCUT2D eigenvalue weighted by atomic mass is 10.1. The Morgan fingerprint density at radius 1 is 1.04 bits per heavy atom. The van der Waals surface area contributed by atoms with Gasteiger partial charge in [0.2, 0.25) is 0 Å². The first kappa shape index (κ1) is 19.0. The number of nitrogens with zero attached hydrogens (tertiary/aromatic N) is 1. The molecule has 2 aromatic rings. The number of hydrogen-bond donors (Lipinski definition) is 1. The fourth-order valence-electron chi connectivity index (χ4n) is 3.03. The monoisotopic (exact) mass is 366 g/mol. The topological polar surface area (TPSA) is 58.6 Å². The minimum absolute atomic E-state index is 0.0535. The van der Waals surface area contributed by atoms with Crippen molar-refractivity contribution in [1.82, 2.24) is 4.90 Å². The van der Waals surface area contributed by atoms with Crippen LogP contribution in [0.4, 0.5) is 5.69 Å². The zero-order valence-corrected chi connectivity index (χ0v) is 15.9. The summed E-state index contributed by atoms with van der Waals surface area (Å²) in [4.78, 5) is 26.9. The van der Waals surface area contributed by atoms with Crippen molar-refractivity contribution in [2.75, 3.05) is 25.0 Å². The lowest BCUT2D eigenvalue weighted by Crippen LogP contribution is -2.27. The summed E-state index contributed by atoms with van der Waals surface area (Å²) in [6.07, 6.45) is 2.14. The number of amides is 2. The van der Waals surface area contributed by atoms with Crippen molar-refractivity contribution in [2.45, 2.75) is 26.7 Å². The van der Waals surface area contributed by atoms with Gasteiger partial charge in [-0.3, -0.25) is 9.59 Å². The summed E-state index contributed by atoms with van der Waals surface area (Å²) in [5.74, 6) is 0.775. The molecule has 1 N–H and O–H groups in total. The summed E-state index contributed by atoms with van der Waals surface area (Å²) in [5, 5.41) is 2.88. The number of para-hydroxylation sites is 1. The van der Waals surface area contributed by atoms with Crippen molar-refractivity contribution < 1.29 is 14.3 Å². The molecule has 1 saturated heterocycles. The third-order valence-electron chi connectivity index (χ3n) is 4.49. The number of carbonyl (C=O) groups excluding carboxylic acids is 2. The summed E-state index contributed by atoms with van der Waals surface area (Å²) in [6, 6.07) is 14.3. The number of likely N-dealkylation sites (tertiary alicyclic amines) is 1. The second-order valence-corrected chi connectivity index (χ2v) is 7.23. The number of nitrogens with one attached hydrogen (secondary N) is 1. The van der Waals surface area contributed by atoms with Gasteiger partial charge in [0.1, 0.15) is 5.75 Å². The molecule has 1 aliphatic rings. The van der Waals surface area contributed by atoms with Crippen molar-refractivity contribution in [3.05, 3.63) is 59.7 Å². The molecule has 0 radical (unpaired) electrons. The van der Waals surface area contributed by atoms with Crippen LogP contribution in [0.2, 0.25) is 0 Å². The van der Waals surface area contributed by atoms with Crippen molar-refractivity contribution in [3.8, 4) is 5.75 Å². The number of benzene rings is 2. The van der Waals surface area contributed by atoms with Crippen LogP contribution in [0.25, 0.3) is 0 Å². The van der Waals surface area contributed by atoms with Crippen LogP contribution in [-0.4, -0.2) is 36.4 Å². The normalized spacial score (nSPS) is 13.7. The highest BCUT2D eigenvalue weighted by Crippen LogP contribution is 2.21. The third-order valence-corrected chi connectivity index (χ3v) is 4.49. The average molecular weight is 366 g/mol. The first-order valence-corrected chi connectivity index (χ1v) is 9.47. The van der Waals surface area contributed by atoms with Gasteiger partial charge in [0.05, 0.1) is 12.2 Å². The Kier molecular flexibility index (Phi) is 6.12. The zero-order valence-electron chi connectivity index (χ0n) is 15.9. The highest BCUT2D eigenvalue weighted by atomic mass is 16.5. The largest absolute Gasteiger partial charge is 0.492 e. The molecule has 3 rings (SSSR count). The highest BCUT2D eigenvalue weighted by Gasteiger charge is 2.19. The van der Waals surface area contributed by atoms with Gasteiger partial charge in [-0.25, -0.2) is 0 Å². The molecule has 27 heavy (non-hydrogen) atoms. The number of carbonyl (C=O) groups is 2. The molecule has 0 atom stereocenters. The van der Waals surface area contributed by atoms with Gasteiger partial charge < -0.3 is 15.0 Å². The van der Waals surface area contributed by atoms with E-state index >= 15 is 0 Å². The molecule has 0 aromatic heterocycles. The molecule has 5 nitrogen and oxygen atoms in total. The van der Waals surface area contributed by atoms with Crippen LogP contribution in [0.15, 0.2) is 48.5 Å². The Morgan fingerprint density at radius 3 is 2.37 bits per heavy atom. The first-order valence-electron chi connectivity index (χ1n) is 9.47. The minimum atomic E-state index is -0.229. The second kappa shape index (κ2) is 8.71. The molecular formula is C22H26N2O3. The van der Waals surface area contributed by atoms with E-state index in [2.05, 4.69) is 19.2 Å². The lowest BCUT2D eigenvalue weighted by molar-refractivity contribution is 0.0792. The van der Waals surface area contributed by atoms with Crippen LogP contribution in [0.5, 0.6) is 5.75 Å². The van der Waals surface area contributed by atoms with Crippen LogP contribution < -0.4 is 10.1 Å².